The molecule has 0 heterocycles. The van der Waals surface area contributed by atoms with Gasteiger partial charge in [0.2, 0.25) is 0 Å². The third kappa shape index (κ3) is 5.82. The lowest BCUT2D eigenvalue weighted by Crippen LogP contribution is -2.19. The summed E-state index contributed by atoms with van der Waals surface area (Å²) in [5.41, 5.74) is 5.16. The molecule has 4 nitrogen and oxygen atoms in total. The monoisotopic (exact) mass is 416 g/mol. The summed E-state index contributed by atoms with van der Waals surface area (Å²) in [6, 6.07) is 23.0. The molecular formula is C27H32N2O2. The molecule has 0 aliphatic rings. The van der Waals surface area contributed by atoms with Crippen molar-refractivity contribution in [2.75, 3.05) is 17.7 Å². The van der Waals surface area contributed by atoms with E-state index in [1.54, 1.807) is 24.3 Å². The van der Waals surface area contributed by atoms with Crippen LogP contribution in [0.25, 0.3) is 0 Å². The Bertz CT molecular complexity index is 1000. The lowest BCUT2D eigenvalue weighted by molar-refractivity contribution is 0.101. The predicted octanol–water partition coefficient (Wildman–Crippen LogP) is 6.54. The van der Waals surface area contributed by atoms with E-state index >= 15 is 0 Å². The molecule has 1 amide bonds. The lowest BCUT2D eigenvalue weighted by atomic mass is 9.78. The van der Waals surface area contributed by atoms with E-state index < -0.39 is 0 Å². The van der Waals surface area contributed by atoms with Gasteiger partial charge in [-0.3, -0.25) is 9.59 Å². The summed E-state index contributed by atoms with van der Waals surface area (Å²) in [5, 5.41) is 6.04. The zero-order valence-electron chi connectivity index (χ0n) is 19.2. The number of Topliss-reactive ketones (excluding diaryl/α,β-unsaturated/α-hetero) is 1. The summed E-state index contributed by atoms with van der Waals surface area (Å²) in [5.74, 6) is -0.217. The number of carbonyl (C=O) groups is 2. The molecule has 0 saturated carbocycles. The molecule has 162 valence electrons. The van der Waals surface area contributed by atoms with Gasteiger partial charge in [-0.05, 0) is 54.4 Å². The molecule has 0 bridgehead atoms. The summed E-state index contributed by atoms with van der Waals surface area (Å²) in [7, 11) is 1.91. The summed E-state index contributed by atoms with van der Waals surface area (Å²) in [6.45, 7) is 9.88. The van der Waals surface area contributed by atoms with Crippen molar-refractivity contribution in [3.63, 3.8) is 0 Å². The highest BCUT2D eigenvalue weighted by Crippen LogP contribution is 2.32. The second-order valence-corrected chi connectivity index (χ2v) is 7.62. The molecule has 2 N–H and O–H groups in total. The van der Waals surface area contributed by atoms with Crippen LogP contribution >= 0.6 is 0 Å². The molecule has 3 aromatic rings. The minimum atomic E-state index is -0.199. The number of amides is 1. The smallest absolute Gasteiger partial charge is 0.255 e. The largest absolute Gasteiger partial charge is 0.388 e. The van der Waals surface area contributed by atoms with Crippen LogP contribution in [0.4, 0.5) is 11.4 Å². The number of rotatable bonds is 6. The van der Waals surface area contributed by atoms with Crippen LogP contribution in [-0.2, 0) is 5.41 Å². The first-order valence-electron chi connectivity index (χ1n) is 10.6. The maximum atomic E-state index is 12.5. The number of ketones is 1. The number of nitrogens with one attached hydrogen (secondary N) is 2. The second-order valence-electron chi connectivity index (χ2n) is 7.62. The van der Waals surface area contributed by atoms with Gasteiger partial charge >= 0.3 is 0 Å². The fraction of sp³-hybridized carbons (Fsp3) is 0.259. The van der Waals surface area contributed by atoms with E-state index in [0.717, 1.165) is 11.4 Å². The fourth-order valence-corrected chi connectivity index (χ4v) is 3.25. The Morgan fingerprint density at radius 3 is 1.52 bits per heavy atom. The van der Waals surface area contributed by atoms with Crippen LogP contribution in [0.2, 0.25) is 0 Å². The zero-order chi connectivity index (χ0) is 23.0. The van der Waals surface area contributed by atoms with Crippen molar-refractivity contribution < 1.29 is 9.59 Å². The Hall–Kier alpha value is -3.40. The number of hydrogen-bond donors (Lipinski definition) is 2. The van der Waals surface area contributed by atoms with Crippen molar-refractivity contribution in [3.05, 3.63) is 95.1 Å². The third-order valence-electron chi connectivity index (χ3n) is 5.31. The molecule has 0 radical (unpaired) electrons. The summed E-state index contributed by atoms with van der Waals surface area (Å²) in [6.07, 6.45) is 0. The van der Waals surface area contributed by atoms with Crippen molar-refractivity contribution >= 4 is 23.1 Å². The van der Waals surface area contributed by atoms with Gasteiger partial charge in [0.25, 0.3) is 5.91 Å². The third-order valence-corrected chi connectivity index (χ3v) is 5.31. The number of hydrogen-bond acceptors (Lipinski definition) is 3. The van der Waals surface area contributed by atoms with Crippen LogP contribution in [-0.4, -0.2) is 18.7 Å². The number of carbonyl (C=O) groups excluding carboxylic acids is 2. The molecule has 0 aliphatic carbocycles. The topological polar surface area (TPSA) is 58.2 Å². The molecule has 4 heteroatoms. The molecule has 3 rings (SSSR count). The first-order chi connectivity index (χ1) is 14.8. The summed E-state index contributed by atoms with van der Waals surface area (Å²) in [4.78, 5) is 23.8. The van der Waals surface area contributed by atoms with Crippen LogP contribution < -0.4 is 10.6 Å². The van der Waals surface area contributed by atoms with E-state index in [1.807, 2.05) is 45.2 Å². The Balaban J connectivity index is 0.00000166. The maximum absolute atomic E-state index is 12.5. The SMILES string of the molecule is CC.CNc1ccc(C(C)(C)c2ccc(NC(=O)c3ccc(C(C)=O)cc3)cc2)cc1. The molecule has 3 aromatic carbocycles. The van der Waals surface area contributed by atoms with Gasteiger partial charge in [0.15, 0.2) is 5.78 Å². The molecule has 0 aromatic heterocycles. The minimum absolute atomic E-state index is 0.0178. The van der Waals surface area contributed by atoms with Gasteiger partial charge in [-0.2, -0.15) is 0 Å². The standard InChI is InChI=1S/C25H26N2O2.C2H6/c1-17(28)18-5-7-19(8-6-18)24(29)27-23-15-11-21(12-16-23)25(2,3)20-9-13-22(26-4)14-10-20;1-2/h5-16,26H,1-4H3,(H,27,29);1-2H3. The highest BCUT2D eigenvalue weighted by Gasteiger charge is 2.23. The van der Waals surface area contributed by atoms with Crippen LogP contribution in [0.3, 0.4) is 0 Å². The van der Waals surface area contributed by atoms with Gasteiger partial charge in [0, 0.05) is 35.0 Å². The van der Waals surface area contributed by atoms with Gasteiger partial charge in [0.05, 0.1) is 0 Å². The molecular weight excluding hydrogens is 384 g/mol. The van der Waals surface area contributed by atoms with Crippen molar-refractivity contribution in [3.8, 4) is 0 Å². The molecule has 0 fully saturated rings. The molecule has 0 atom stereocenters. The summed E-state index contributed by atoms with van der Waals surface area (Å²) >= 11 is 0. The second kappa shape index (κ2) is 10.6. The maximum Gasteiger partial charge on any atom is 0.255 e. The van der Waals surface area contributed by atoms with Crippen LogP contribution in [0.5, 0.6) is 0 Å². The van der Waals surface area contributed by atoms with E-state index in [9.17, 15) is 9.59 Å². The predicted molar refractivity (Wildman–Crippen MR) is 130 cm³/mol. The summed E-state index contributed by atoms with van der Waals surface area (Å²) < 4.78 is 0. The van der Waals surface area contributed by atoms with Gasteiger partial charge in [-0.1, -0.05) is 64.1 Å². The molecule has 31 heavy (non-hydrogen) atoms. The van der Waals surface area contributed by atoms with Gasteiger partial charge in [-0.25, -0.2) is 0 Å². The Labute approximate surface area is 185 Å². The van der Waals surface area contributed by atoms with Crippen LogP contribution in [0, 0.1) is 0 Å². The van der Waals surface area contributed by atoms with Crippen molar-refractivity contribution in [1.29, 1.82) is 0 Å². The lowest BCUT2D eigenvalue weighted by Gasteiger charge is -2.26. The molecule has 0 unspecified atom stereocenters. The average Bonchev–Trinajstić information content (AvgIpc) is 2.81. The fourth-order valence-electron chi connectivity index (χ4n) is 3.25. The van der Waals surface area contributed by atoms with Crippen molar-refractivity contribution in [1.82, 2.24) is 0 Å². The zero-order valence-corrected chi connectivity index (χ0v) is 19.2. The van der Waals surface area contributed by atoms with E-state index in [2.05, 4.69) is 48.7 Å². The van der Waals surface area contributed by atoms with Crippen molar-refractivity contribution in [2.24, 2.45) is 0 Å². The highest BCUT2D eigenvalue weighted by molar-refractivity contribution is 6.05. The van der Waals surface area contributed by atoms with Gasteiger partial charge in [-0.15, -0.1) is 0 Å². The number of benzene rings is 3. The average molecular weight is 417 g/mol. The normalized spacial score (nSPS) is 10.5. The minimum Gasteiger partial charge on any atom is -0.388 e. The first kappa shape index (κ1) is 23.9. The van der Waals surface area contributed by atoms with Gasteiger partial charge in [0.1, 0.15) is 0 Å². The van der Waals surface area contributed by atoms with E-state index in [0.29, 0.717) is 11.1 Å². The molecule has 0 spiro atoms. The Morgan fingerprint density at radius 2 is 1.10 bits per heavy atom. The Morgan fingerprint density at radius 1 is 0.677 bits per heavy atom. The van der Waals surface area contributed by atoms with Gasteiger partial charge < -0.3 is 10.6 Å². The van der Waals surface area contributed by atoms with Crippen molar-refractivity contribution in [2.45, 2.75) is 40.0 Å². The highest BCUT2D eigenvalue weighted by atomic mass is 16.1. The number of anilines is 2. The van der Waals surface area contributed by atoms with Crippen LogP contribution in [0.15, 0.2) is 72.8 Å². The molecule has 0 saturated heterocycles. The van der Waals surface area contributed by atoms with E-state index in [1.165, 1.54) is 18.1 Å². The van der Waals surface area contributed by atoms with E-state index in [4.69, 9.17) is 0 Å². The first-order valence-corrected chi connectivity index (χ1v) is 10.6. The quantitative estimate of drug-likeness (QED) is 0.449. The molecule has 0 aliphatic heterocycles. The van der Waals surface area contributed by atoms with E-state index in [-0.39, 0.29) is 17.1 Å². The Kier molecular flexibility index (Phi) is 8.14. The van der Waals surface area contributed by atoms with Crippen LogP contribution in [0.1, 0.15) is 66.5 Å².